The van der Waals surface area contributed by atoms with Crippen LogP contribution < -0.4 is 0 Å². The maximum absolute atomic E-state index is 5.65. The Morgan fingerprint density at radius 2 is 1.67 bits per heavy atom. The minimum absolute atomic E-state index is 0.321. The molecule has 0 fully saturated rings. The molecule has 0 aromatic carbocycles. The largest absolute Gasteiger partial charge is 0.381 e. The molecule has 0 aromatic rings. The molecule has 2 heteroatoms. The van der Waals surface area contributed by atoms with Crippen LogP contribution in [0.25, 0.3) is 0 Å². The van der Waals surface area contributed by atoms with Crippen LogP contribution in [0.15, 0.2) is 0 Å². The molecule has 0 aliphatic rings. The summed E-state index contributed by atoms with van der Waals surface area (Å²) >= 11 is 0. The van der Waals surface area contributed by atoms with Crippen LogP contribution in [-0.2, 0) is 9.47 Å². The molecule has 0 heterocycles. The molecule has 15 heavy (non-hydrogen) atoms. The zero-order chi connectivity index (χ0) is 11.7. The molecule has 92 valence electrons. The van der Waals surface area contributed by atoms with Crippen molar-refractivity contribution in [3.63, 3.8) is 0 Å². The SMILES string of the molecule is CCCCOCC(COC(C)C)C(C)C. The van der Waals surface area contributed by atoms with Gasteiger partial charge in [-0.3, -0.25) is 0 Å². The van der Waals surface area contributed by atoms with Gasteiger partial charge >= 0.3 is 0 Å². The predicted octanol–water partition coefficient (Wildman–Crippen LogP) is 3.50. The third kappa shape index (κ3) is 8.88. The Morgan fingerprint density at radius 1 is 1.00 bits per heavy atom. The Hall–Kier alpha value is -0.0800. The van der Waals surface area contributed by atoms with E-state index in [1.807, 2.05) is 0 Å². The third-order valence-corrected chi connectivity index (χ3v) is 2.56. The summed E-state index contributed by atoms with van der Waals surface area (Å²) in [5, 5.41) is 0. The maximum atomic E-state index is 5.65. The van der Waals surface area contributed by atoms with Gasteiger partial charge in [-0.25, -0.2) is 0 Å². The Bertz CT molecular complexity index is 132. The fourth-order valence-corrected chi connectivity index (χ4v) is 1.23. The number of hydrogen-bond donors (Lipinski definition) is 0. The van der Waals surface area contributed by atoms with Crippen LogP contribution in [0.3, 0.4) is 0 Å². The van der Waals surface area contributed by atoms with Crippen molar-refractivity contribution in [3.8, 4) is 0 Å². The molecule has 0 aliphatic heterocycles. The van der Waals surface area contributed by atoms with E-state index in [4.69, 9.17) is 9.47 Å². The Morgan fingerprint density at radius 3 is 2.13 bits per heavy atom. The zero-order valence-corrected chi connectivity index (χ0v) is 11.1. The topological polar surface area (TPSA) is 18.5 Å². The second-order valence-corrected chi connectivity index (χ2v) is 4.81. The number of hydrogen-bond acceptors (Lipinski definition) is 2. The van der Waals surface area contributed by atoms with Crippen LogP contribution in [-0.4, -0.2) is 25.9 Å². The molecule has 0 amide bonds. The van der Waals surface area contributed by atoms with E-state index < -0.39 is 0 Å². The fraction of sp³-hybridized carbons (Fsp3) is 1.00. The van der Waals surface area contributed by atoms with Gasteiger partial charge in [0.1, 0.15) is 0 Å². The van der Waals surface area contributed by atoms with Crippen molar-refractivity contribution < 1.29 is 9.47 Å². The van der Waals surface area contributed by atoms with Gasteiger partial charge in [-0.05, 0) is 26.2 Å². The molecular weight excluding hydrogens is 188 g/mol. The van der Waals surface area contributed by atoms with Gasteiger partial charge in [-0.1, -0.05) is 27.2 Å². The standard InChI is InChI=1S/C13H28O2/c1-6-7-8-14-9-13(11(2)3)10-15-12(4)5/h11-13H,6-10H2,1-5H3. The third-order valence-electron chi connectivity index (χ3n) is 2.56. The molecule has 0 N–H and O–H groups in total. The molecule has 0 aromatic heterocycles. The van der Waals surface area contributed by atoms with Crippen molar-refractivity contribution in [3.05, 3.63) is 0 Å². The van der Waals surface area contributed by atoms with E-state index in [1.165, 1.54) is 6.42 Å². The first kappa shape index (κ1) is 14.9. The van der Waals surface area contributed by atoms with Crippen LogP contribution in [0.5, 0.6) is 0 Å². The Labute approximate surface area is 95.3 Å². The van der Waals surface area contributed by atoms with Gasteiger partial charge in [0, 0.05) is 12.5 Å². The van der Waals surface area contributed by atoms with Crippen molar-refractivity contribution in [2.75, 3.05) is 19.8 Å². The molecule has 0 rings (SSSR count). The van der Waals surface area contributed by atoms with Crippen molar-refractivity contribution >= 4 is 0 Å². The van der Waals surface area contributed by atoms with Gasteiger partial charge in [0.05, 0.1) is 19.3 Å². The van der Waals surface area contributed by atoms with E-state index >= 15 is 0 Å². The summed E-state index contributed by atoms with van der Waals surface area (Å²) in [6.07, 6.45) is 2.69. The van der Waals surface area contributed by atoms with Crippen LogP contribution in [0.4, 0.5) is 0 Å². The van der Waals surface area contributed by atoms with Crippen molar-refractivity contribution in [2.24, 2.45) is 11.8 Å². The molecule has 1 unspecified atom stereocenters. The van der Waals surface area contributed by atoms with Crippen LogP contribution >= 0.6 is 0 Å². The average Bonchev–Trinajstić information content (AvgIpc) is 2.15. The normalized spacial score (nSPS) is 13.8. The first-order valence-corrected chi connectivity index (χ1v) is 6.27. The van der Waals surface area contributed by atoms with E-state index in [-0.39, 0.29) is 0 Å². The summed E-state index contributed by atoms with van der Waals surface area (Å²) in [6, 6.07) is 0. The summed E-state index contributed by atoms with van der Waals surface area (Å²) in [4.78, 5) is 0. The second kappa shape index (κ2) is 9.17. The molecule has 0 saturated heterocycles. The van der Waals surface area contributed by atoms with E-state index in [0.29, 0.717) is 17.9 Å². The van der Waals surface area contributed by atoms with Crippen molar-refractivity contribution in [2.45, 2.75) is 53.6 Å². The summed E-state index contributed by atoms with van der Waals surface area (Å²) in [6.45, 7) is 13.4. The van der Waals surface area contributed by atoms with Crippen LogP contribution in [0.2, 0.25) is 0 Å². The minimum atomic E-state index is 0.321. The lowest BCUT2D eigenvalue weighted by atomic mass is 9.98. The van der Waals surface area contributed by atoms with Crippen molar-refractivity contribution in [1.82, 2.24) is 0 Å². The lowest BCUT2D eigenvalue weighted by Gasteiger charge is -2.22. The smallest absolute Gasteiger partial charge is 0.0522 e. The molecule has 0 saturated carbocycles. The highest BCUT2D eigenvalue weighted by Crippen LogP contribution is 2.13. The summed E-state index contributed by atoms with van der Waals surface area (Å²) < 4.78 is 11.3. The highest BCUT2D eigenvalue weighted by atomic mass is 16.5. The monoisotopic (exact) mass is 216 g/mol. The fourth-order valence-electron chi connectivity index (χ4n) is 1.23. The van der Waals surface area contributed by atoms with E-state index in [9.17, 15) is 0 Å². The van der Waals surface area contributed by atoms with Gasteiger partial charge in [-0.15, -0.1) is 0 Å². The highest BCUT2D eigenvalue weighted by molar-refractivity contribution is 4.62. The molecular formula is C13H28O2. The Balaban J connectivity index is 3.64. The first-order chi connectivity index (χ1) is 7.07. The molecule has 0 radical (unpaired) electrons. The average molecular weight is 216 g/mol. The summed E-state index contributed by atoms with van der Waals surface area (Å²) in [5.74, 6) is 1.16. The Kier molecular flexibility index (Phi) is 9.12. The predicted molar refractivity (Wildman–Crippen MR) is 65.1 cm³/mol. The van der Waals surface area contributed by atoms with Crippen LogP contribution in [0, 0.1) is 11.8 Å². The van der Waals surface area contributed by atoms with Crippen LogP contribution in [0.1, 0.15) is 47.5 Å². The minimum Gasteiger partial charge on any atom is -0.381 e. The van der Waals surface area contributed by atoms with Gasteiger partial charge in [0.15, 0.2) is 0 Å². The molecule has 0 bridgehead atoms. The number of rotatable bonds is 9. The summed E-state index contributed by atoms with van der Waals surface area (Å²) in [7, 11) is 0. The molecule has 0 spiro atoms. The highest BCUT2D eigenvalue weighted by Gasteiger charge is 2.14. The van der Waals surface area contributed by atoms with Crippen molar-refractivity contribution in [1.29, 1.82) is 0 Å². The van der Waals surface area contributed by atoms with E-state index in [1.54, 1.807) is 0 Å². The number of ether oxygens (including phenoxy) is 2. The first-order valence-electron chi connectivity index (χ1n) is 6.27. The van der Waals surface area contributed by atoms with E-state index in [0.717, 1.165) is 26.2 Å². The quantitative estimate of drug-likeness (QED) is 0.549. The molecule has 0 aliphatic carbocycles. The zero-order valence-electron chi connectivity index (χ0n) is 11.1. The second-order valence-electron chi connectivity index (χ2n) is 4.81. The summed E-state index contributed by atoms with van der Waals surface area (Å²) in [5.41, 5.74) is 0. The lowest BCUT2D eigenvalue weighted by Crippen LogP contribution is -2.23. The molecule has 1 atom stereocenters. The van der Waals surface area contributed by atoms with Gasteiger partial charge in [-0.2, -0.15) is 0 Å². The van der Waals surface area contributed by atoms with Gasteiger partial charge in [0.2, 0.25) is 0 Å². The number of unbranched alkanes of at least 4 members (excludes halogenated alkanes) is 1. The molecule has 2 nitrogen and oxygen atoms in total. The lowest BCUT2D eigenvalue weighted by molar-refractivity contribution is -0.00145. The maximum Gasteiger partial charge on any atom is 0.0522 e. The van der Waals surface area contributed by atoms with Gasteiger partial charge < -0.3 is 9.47 Å². The van der Waals surface area contributed by atoms with Gasteiger partial charge in [0.25, 0.3) is 0 Å². The van der Waals surface area contributed by atoms with E-state index in [2.05, 4.69) is 34.6 Å².